The molecule has 0 amide bonds. The molecule has 1 atom stereocenters. The van der Waals surface area contributed by atoms with E-state index in [0.717, 1.165) is 12.1 Å². The van der Waals surface area contributed by atoms with Gasteiger partial charge in [-0.25, -0.2) is 0 Å². The van der Waals surface area contributed by atoms with Crippen LogP contribution in [0, 0.1) is 0 Å². The summed E-state index contributed by atoms with van der Waals surface area (Å²) in [5, 5.41) is 9.66. The van der Waals surface area contributed by atoms with Crippen LogP contribution in [0.4, 0.5) is 17.6 Å². The van der Waals surface area contributed by atoms with Gasteiger partial charge in [-0.3, -0.25) is 0 Å². The lowest BCUT2D eigenvalue weighted by Gasteiger charge is -2.18. The number of rotatable bonds is 6. The summed E-state index contributed by atoms with van der Waals surface area (Å²) in [6.07, 6.45) is -8.09. The van der Waals surface area contributed by atoms with Crippen molar-refractivity contribution in [2.45, 2.75) is 38.4 Å². The monoisotopic (exact) mass is 266 g/mol. The average Bonchev–Trinajstić information content (AvgIpc) is 2.29. The van der Waals surface area contributed by atoms with Crippen LogP contribution in [0.1, 0.15) is 31.4 Å². The number of alkyl halides is 4. The zero-order valence-corrected chi connectivity index (χ0v) is 9.75. The first-order valence-electron chi connectivity index (χ1n) is 5.49. The quantitative estimate of drug-likeness (QED) is 0.794. The molecule has 1 aromatic rings. The van der Waals surface area contributed by atoms with Gasteiger partial charge in [-0.2, -0.15) is 17.6 Å². The Bertz CT molecular complexity index is 382. The normalized spacial score (nSPS) is 13.7. The minimum absolute atomic E-state index is 0.361. The molecule has 1 N–H and O–H groups in total. The second-order valence-electron chi connectivity index (χ2n) is 3.84. The van der Waals surface area contributed by atoms with Gasteiger partial charge in [0.1, 0.15) is 5.75 Å². The summed E-state index contributed by atoms with van der Waals surface area (Å²) in [6, 6.07) is 5.16. The second kappa shape index (κ2) is 6.04. The Kier molecular flexibility index (Phi) is 4.95. The fraction of sp³-hybridized carbons (Fsp3) is 0.500. The first-order chi connectivity index (χ1) is 8.36. The van der Waals surface area contributed by atoms with Crippen LogP contribution in [0.2, 0.25) is 0 Å². The summed E-state index contributed by atoms with van der Waals surface area (Å²) < 4.78 is 53.2. The molecule has 0 radical (unpaired) electrons. The van der Waals surface area contributed by atoms with Gasteiger partial charge in [0.25, 0.3) is 0 Å². The first-order valence-corrected chi connectivity index (χ1v) is 5.49. The summed E-state index contributed by atoms with van der Waals surface area (Å²) in [5.41, 5.74) is 0.361. The van der Waals surface area contributed by atoms with Crippen molar-refractivity contribution < 1.29 is 27.4 Å². The molecule has 2 nitrogen and oxygen atoms in total. The Morgan fingerprint density at radius 2 is 2.00 bits per heavy atom. The van der Waals surface area contributed by atoms with Crippen LogP contribution in [0.3, 0.4) is 0 Å². The molecule has 18 heavy (non-hydrogen) atoms. The summed E-state index contributed by atoms with van der Waals surface area (Å²) in [5.74, 6) is -0.395. The summed E-state index contributed by atoms with van der Waals surface area (Å²) in [7, 11) is 0. The third-order valence-corrected chi connectivity index (χ3v) is 2.31. The smallest absolute Gasteiger partial charge is 0.428 e. The van der Waals surface area contributed by atoms with E-state index < -0.39 is 24.4 Å². The summed E-state index contributed by atoms with van der Waals surface area (Å²) in [6.45, 7) is 1.86. The maximum Gasteiger partial charge on any atom is 0.461 e. The van der Waals surface area contributed by atoms with Crippen molar-refractivity contribution in [3.8, 4) is 5.75 Å². The highest BCUT2D eigenvalue weighted by molar-refractivity contribution is 5.30. The molecule has 0 aromatic heterocycles. The lowest BCUT2D eigenvalue weighted by Crippen LogP contribution is -2.33. The third-order valence-electron chi connectivity index (χ3n) is 2.31. The highest BCUT2D eigenvalue weighted by Gasteiger charge is 2.43. The number of halogens is 4. The fourth-order valence-corrected chi connectivity index (χ4v) is 1.43. The molecular formula is C12H14F4O2. The van der Waals surface area contributed by atoms with Gasteiger partial charge in [0, 0.05) is 0 Å². The molecule has 0 fully saturated rings. The van der Waals surface area contributed by atoms with Gasteiger partial charge in [0.2, 0.25) is 0 Å². The molecule has 0 aliphatic carbocycles. The lowest BCUT2D eigenvalue weighted by molar-refractivity contribution is -0.253. The highest BCUT2D eigenvalue weighted by Crippen LogP contribution is 2.29. The lowest BCUT2D eigenvalue weighted by atomic mass is 10.1. The van der Waals surface area contributed by atoms with E-state index in [-0.39, 0.29) is 0 Å². The molecule has 1 rings (SSSR count). The number of aliphatic hydroxyl groups is 1. The standard InChI is InChI=1S/C12H14F4O2/c1-2-4-10(17)8-5-3-6-9(7-8)18-12(15,16)11(13)14/h3,5-7,10-11,17H,2,4H2,1H3. The van der Waals surface area contributed by atoms with E-state index in [9.17, 15) is 22.7 Å². The molecule has 1 unspecified atom stereocenters. The zero-order chi connectivity index (χ0) is 13.8. The third kappa shape index (κ3) is 3.87. The number of aliphatic hydroxyl groups excluding tert-OH is 1. The number of hydrogen-bond acceptors (Lipinski definition) is 2. The van der Waals surface area contributed by atoms with Crippen LogP contribution in [-0.2, 0) is 0 Å². The van der Waals surface area contributed by atoms with E-state index in [4.69, 9.17) is 0 Å². The average molecular weight is 266 g/mol. The maximum atomic E-state index is 12.7. The molecule has 0 spiro atoms. The number of hydrogen-bond donors (Lipinski definition) is 1. The zero-order valence-electron chi connectivity index (χ0n) is 9.75. The fourth-order valence-electron chi connectivity index (χ4n) is 1.43. The van der Waals surface area contributed by atoms with Crippen LogP contribution in [0.25, 0.3) is 0 Å². The van der Waals surface area contributed by atoms with Crippen molar-refractivity contribution in [1.82, 2.24) is 0 Å². The molecule has 0 heterocycles. The first kappa shape index (κ1) is 14.8. The Morgan fingerprint density at radius 1 is 1.33 bits per heavy atom. The molecule has 0 aliphatic rings. The van der Waals surface area contributed by atoms with Crippen LogP contribution >= 0.6 is 0 Å². The highest BCUT2D eigenvalue weighted by atomic mass is 19.3. The van der Waals surface area contributed by atoms with Crippen molar-refractivity contribution in [2.75, 3.05) is 0 Å². The molecule has 1 aromatic carbocycles. The molecule has 6 heteroatoms. The topological polar surface area (TPSA) is 29.5 Å². The predicted molar refractivity (Wildman–Crippen MR) is 57.9 cm³/mol. The van der Waals surface area contributed by atoms with Crippen molar-refractivity contribution in [2.24, 2.45) is 0 Å². The molecule has 0 saturated heterocycles. The maximum absolute atomic E-state index is 12.7. The van der Waals surface area contributed by atoms with Crippen LogP contribution in [0.15, 0.2) is 24.3 Å². The van der Waals surface area contributed by atoms with E-state index in [1.165, 1.54) is 12.1 Å². The van der Waals surface area contributed by atoms with E-state index in [0.29, 0.717) is 18.4 Å². The van der Waals surface area contributed by atoms with Crippen LogP contribution in [-0.4, -0.2) is 17.6 Å². The van der Waals surface area contributed by atoms with Crippen molar-refractivity contribution in [1.29, 1.82) is 0 Å². The van der Waals surface area contributed by atoms with Crippen molar-refractivity contribution >= 4 is 0 Å². The Morgan fingerprint density at radius 3 is 2.56 bits per heavy atom. The van der Waals surface area contributed by atoms with Crippen molar-refractivity contribution in [3.05, 3.63) is 29.8 Å². The second-order valence-corrected chi connectivity index (χ2v) is 3.84. The van der Waals surface area contributed by atoms with Crippen molar-refractivity contribution in [3.63, 3.8) is 0 Å². The van der Waals surface area contributed by atoms with Gasteiger partial charge in [-0.15, -0.1) is 0 Å². The van der Waals surface area contributed by atoms with Gasteiger partial charge in [0.15, 0.2) is 0 Å². The van der Waals surface area contributed by atoms with E-state index in [1.54, 1.807) is 0 Å². The van der Waals surface area contributed by atoms with Gasteiger partial charge in [-0.05, 0) is 24.1 Å². The number of ether oxygens (including phenoxy) is 1. The van der Waals surface area contributed by atoms with Crippen LogP contribution < -0.4 is 4.74 Å². The number of benzene rings is 1. The van der Waals surface area contributed by atoms with E-state index in [2.05, 4.69) is 4.74 Å². The predicted octanol–water partition coefficient (Wildman–Crippen LogP) is 3.76. The van der Waals surface area contributed by atoms with Gasteiger partial charge < -0.3 is 9.84 Å². The van der Waals surface area contributed by atoms with E-state index in [1.807, 2.05) is 6.92 Å². The SMILES string of the molecule is CCCC(O)c1cccc(OC(F)(F)C(F)F)c1. The summed E-state index contributed by atoms with van der Waals surface area (Å²) >= 11 is 0. The minimum atomic E-state index is -4.53. The molecule has 0 bridgehead atoms. The van der Waals surface area contributed by atoms with Gasteiger partial charge >= 0.3 is 12.5 Å². The Balaban J connectivity index is 2.82. The minimum Gasteiger partial charge on any atom is -0.428 e. The Labute approximate surface area is 102 Å². The summed E-state index contributed by atoms with van der Waals surface area (Å²) in [4.78, 5) is 0. The molecular weight excluding hydrogens is 252 g/mol. The van der Waals surface area contributed by atoms with Crippen LogP contribution in [0.5, 0.6) is 5.75 Å². The molecule has 0 aliphatic heterocycles. The Hall–Kier alpha value is -1.30. The van der Waals surface area contributed by atoms with Gasteiger partial charge in [0.05, 0.1) is 6.10 Å². The largest absolute Gasteiger partial charge is 0.461 e. The molecule has 0 saturated carbocycles. The molecule has 102 valence electrons. The van der Waals surface area contributed by atoms with Gasteiger partial charge in [-0.1, -0.05) is 25.5 Å². The van der Waals surface area contributed by atoms with E-state index >= 15 is 0 Å².